The van der Waals surface area contributed by atoms with Gasteiger partial charge in [-0.25, -0.2) is 4.39 Å². The maximum atomic E-state index is 14.3. The molecule has 1 aliphatic heterocycles. The topological polar surface area (TPSA) is 103 Å². The molecule has 4 aromatic rings. The van der Waals surface area contributed by atoms with Gasteiger partial charge in [0.25, 0.3) is 0 Å². The molecule has 0 unspecified atom stereocenters. The second-order valence-corrected chi connectivity index (χ2v) is 8.33. The summed E-state index contributed by atoms with van der Waals surface area (Å²) in [7, 11) is 1.87. The van der Waals surface area contributed by atoms with E-state index in [-0.39, 0.29) is 11.8 Å². The molecule has 0 bridgehead atoms. The summed E-state index contributed by atoms with van der Waals surface area (Å²) >= 11 is 1.45. The minimum atomic E-state index is -0.942. The fourth-order valence-corrected chi connectivity index (χ4v) is 4.69. The minimum absolute atomic E-state index is 0.110. The zero-order chi connectivity index (χ0) is 20.7. The Labute approximate surface area is 175 Å². The van der Waals surface area contributed by atoms with Crippen LogP contribution in [0.4, 0.5) is 9.52 Å². The van der Waals surface area contributed by atoms with Crippen LogP contribution in [0.2, 0.25) is 0 Å². The number of thiazole rings is 1. The number of aromatic nitrogens is 5. The summed E-state index contributed by atoms with van der Waals surface area (Å²) in [5.41, 5.74) is 3.40. The van der Waals surface area contributed by atoms with Gasteiger partial charge in [-0.1, -0.05) is 17.4 Å². The van der Waals surface area contributed by atoms with E-state index in [0.29, 0.717) is 28.6 Å². The Morgan fingerprint density at radius 1 is 1.23 bits per heavy atom. The van der Waals surface area contributed by atoms with Crippen LogP contribution in [0, 0.1) is 0 Å². The average molecular weight is 425 g/mol. The number of fused-ring (bicyclic) bond motifs is 1. The molecule has 0 aliphatic carbocycles. The number of anilines is 1. The SMILES string of the molecule is CN(c1nc2nnc(-c3ccc(-c4cn[nH]c4)cc3O)cc2s1)[C@@H]1CCNC[C@H]1F. The van der Waals surface area contributed by atoms with Gasteiger partial charge in [0.05, 0.1) is 22.6 Å². The van der Waals surface area contributed by atoms with E-state index in [1.807, 2.05) is 30.1 Å². The van der Waals surface area contributed by atoms with Crippen LogP contribution in [0.15, 0.2) is 36.7 Å². The van der Waals surface area contributed by atoms with E-state index in [9.17, 15) is 9.50 Å². The van der Waals surface area contributed by atoms with Gasteiger partial charge in [-0.3, -0.25) is 5.10 Å². The van der Waals surface area contributed by atoms with Crippen molar-refractivity contribution in [2.45, 2.75) is 18.6 Å². The highest BCUT2D eigenvalue weighted by Gasteiger charge is 2.29. The van der Waals surface area contributed by atoms with Crippen molar-refractivity contribution in [3.63, 3.8) is 0 Å². The Morgan fingerprint density at radius 3 is 2.90 bits per heavy atom. The summed E-state index contributed by atoms with van der Waals surface area (Å²) < 4.78 is 15.2. The Bertz CT molecular complexity index is 1180. The van der Waals surface area contributed by atoms with Crippen molar-refractivity contribution in [3.8, 4) is 28.1 Å². The molecule has 1 aliphatic rings. The quantitative estimate of drug-likeness (QED) is 0.462. The van der Waals surface area contributed by atoms with Gasteiger partial charge in [0, 0.05) is 30.9 Å². The van der Waals surface area contributed by atoms with Crippen LogP contribution in [-0.2, 0) is 0 Å². The van der Waals surface area contributed by atoms with Crippen molar-refractivity contribution >= 4 is 26.8 Å². The fourth-order valence-electron chi connectivity index (χ4n) is 3.74. The first-order valence-corrected chi connectivity index (χ1v) is 10.5. The number of hydrogen-bond acceptors (Lipinski definition) is 8. The third-order valence-electron chi connectivity index (χ3n) is 5.42. The number of phenolic OH excluding ortho intramolecular Hbond substituents is 1. The van der Waals surface area contributed by atoms with Gasteiger partial charge in [0.1, 0.15) is 11.9 Å². The summed E-state index contributed by atoms with van der Waals surface area (Å²) in [6.07, 6.45) is 3.24. The molecule has 0 spiro atoms. The average Bonchev–Trinajstić information content (AvgIpc) is 3.43. The number of nitrogens with zero attached hydrogens (tertiary/aromatic N) is 5. The lowest BCUT2D eigenvalue weighted by atomic mass is 10.0. The molecule has 30 heavy (non-hydrogen) atoms. The van der Waals surface area contributed by atoms with Crippen LogP contribution >= 0.6 is 11.3 Å². The largest absolute Gasteiger partial charge is 0.507 e. The highest BCUT2D eigenvalue weighted by molar-refractivity contribution is 7.22. The predicted molar refractivity (Wildman–Crippen MR) is 114 cm³/mol. The van der Waals surface area contributed by atoms with Crippen molar-refractivity contribution in [2.24, 2.45) is 0 Å². The van der Waals surface area contributed by atoms with Gasteiger partial charge >= 0.3 is 0 Å². The number of nitrogens with one attached hydrogen (secondary N) is 2. The molecule has 3 aromatic heterocycles. The van der Waals surface area contributed by atoms with Crippen molar-refractivity contribution < 1.29 is 9.50 Å². The number of aromatic hydroxyl groups is 1. The number of rotatable bonds is 4. The second kappa shape index (κ2) is 7.62. The Hall–Kier alpha value is -3.11. The molecular formula is C20H20FN7OS. The van der Waals surface area contributed by atoms with Crippen molar-refractivity contribution in [3.05, 3.63) is 36.7 Å². The van der Waals surface area contributed by atoms with E-state index in [2.05, 4.69) is 30.7 Å². The molecule has 1 fully saturated rings. The van der Waals surface area contributed by atoms with Crippen LogP contribution in [0.1, 0.15) is 6.42 Å². The molecule has 1 saturated heterocycles. The highest BCUT2D eigenvalue weighted by Crippen LogP contribution is 2.35. The van der Waals surface area contributed by atoms with E-state index in [0.717, 1.165) is 28.8 Å². The van der Waals surface area contributed by atoms with Crippen molar-refractivity contribution in [1.82, 2.24) is 30.7 Å². The molecular weight excluding hydrogens is 405 g/mol. The lowest BCUT2D eigenvalue weighted by Crippen LogP contribution is -2.49. The molecule has 8 nitrogen and oxygen atoms in total. The van der Waals surface area contributed by atoms with Crippen LogP contribution in [0.25, 0.3) is 32.7 Å². The summed E-state index contributed by atoms with van der Waals surface area (Å²) in [5.74, 6) is 0.110. The Morgan fingerprint density at radius 2 is 2.13 bits per heavy atom. The number of H-pyrrole nitrogens is 1. The standard InChI is InChI=1S/C20H20FN7OS/c1-28(16-4-5-22-10-14(16)21)20-25-19-18(30-20)7-15(26-27-19)13-3-2-11(6-17(13)29)12-8-23-24-9-12/h2-3,6-9,14,16,22,29H,4-5,10H2,1H3,(H,23,24)/t14-,16-/m1/s1. The number of halogens is 1. The molecule has 10 heteroatoms. The molecule has 5 rings (SSSR count). The predicted octanol–water partition coefficient (Wildman–Crippen LogP) is 2.99. The first-order chi connectivity index (χ1) is 14.6. The summed E-state index contributed by atoms with van der Waals surface area (Å²) in [4.78, 5) is 6.44. The molecule has 0 amide bonds. The lowest BCUT2D eigenvalue weighted by molar-refractivity contribution is 0.228. The minimum Gasteiger partial charge on any atom is -0.507 e. The monoisotopic (exact) mass is 425 g/mol. The van der Waals surface area contributed by atoms with Gasteiger partial charge < -0.3 is 15.3 Å². The summed E-state index contributed by atoms with van der Waals surface area (Å²) in [5, 5.41) is 29.5. The molecule has 154 valence electrons. The van der Waals surface area contributed by atoms with E-state index < -0.39 is 6.17 Å². The number of aromatic amines is 1. The third kappa shape index (κ3) is 3.37. The normalized spacial score (nSPS) is 19.3. The van der Waals surface area contributed by atoms with Gasteiger partial charge in [0.2, 0.25) is 0 Å². The van der Waals surface area contributed by atoms with E-state index in [1.54, 1.807) is 18.5 Å². The molecule has 2 atom stereocenters. The van der Waals surface area contributed by atoms with Crippen LogP contribution < -0.4 is 10.2 Å². The number of phenols is 1. The fraction of sp³-hybridized carbons (Fsp3) is 0.300. The van der Waals surface area contributed by atoms with Gasteiger partial charge in [0.15, 0.2) is 10.8 Å². The number of alkyl halides is 1. The van der Waals surface area contributed by atoms with Crippen LogP contribution in [0.5, 0.6) is 5.75 Å². The molecule has 4 heterocycles. The van der Waals surface area contributed by atoms with Crippen molar-refractivity contribution in [2.75, 3.05) is 25.0 Å². The Kier molecular flexibility index (Phi) is 4.80. The molecule has 1 aromatic carbocycles. The molecule has 0 radical (unpaired) electrons. The summed E-state index contributed by atoms with van der Waals surface area (Å²) in [6.45, 7) is 1.15. The van der Waals surface area contributed by atoms with E-state index >= 15 is 0 Å². The number of piperidine rings is 1. The lowest BCUT2D eigenvalue weighted by Gasteiger charge is -2.33. The number of hydrogen-bond donors (Lipinski definition) is 3. The van der Waals surface area contributed by atoms with Gasteiger partial charge in [-0.05, 0) is 36.7 Å². The second-order valence-electron chi connectivity index (χ2n) is 7.32. The highest BCUT2D eigenvalue weighted by atomic mass is 32.1. The van der Waals surface area contributed by atoms with Crippen LogP contribution in [0.3, 0.4) is 0 Å². The van der Waals surface area contributed by atoms with E-state index in [1.165, 1.54) is 11.3 Å². The number of benzene rings is 1. The maximum absolute atomic E-state index is 14.3. The smallest absolute Gasteiger partial charge is 0.194 e. The Balaban J connectivity index is 1.45. The third-order valence-corrected chi connectivity index (χ3v) is 6.50. The molecule has 0 saturated carbocycles. The first kappa shape index (κ1) is 18.9. The zero-order valence-corrected chi connectivity index (χ0v) is 17.0. The van der Waals surface area contributed by atoms with E-state index in [4.69, 9.17) is 0 Å². The zero-order valence-electron chi connectivity index (χ0n) is 16.2. The van der Waals surface area contributed by atoms with Crippen LogP contribution in [-0.4, -0.2) is 62.8 Å². The first-order valence-electron chi connectivity index (χ1n) is 9.64. The summed E-state index contributed by atoms with van der Waals surface area (Å²) in [6, 6.07) is 7.04. The molecule has 3 N–H and O–H groups in total. The van der Waals surface area contributed by atoms with Gasteiger partial charge in [-0.2, -0.15) is 10.1 Å². The maximum Gasteiger partial charge on any atom is 0.194 e. The van der Waals surface area contributed by atoms with Gasteiger partial charge in [-0.15, -0.1) is 10.2 Å². The van der Waals surface area contributed by atoms with Crippen molar-refractivity contribution in [1.29, 1.82) is 0 Å².